The van der Waals surface area contributed by atoms with E-state index in [0.29, 0.717) is 6.61 Å². The second-order valence-corrected chi connectivity index (χ2v) is 1.64. The van der Waals surface area contributed by atoms with Gasteiger partial charge in [-0.15, -0.1) is 0 Å². The van der Waals surface area contributed by atoms with E-state index in [1.165, 1.54) is 0 Å². The van der Waals surface area contributed by atoms with Gasteiger partial charge in [-0.1, -0.05) is 0 Å². The summed E-state index contributed by atoms with van der Waals surface area (Å²) in [5, 5.41) is 0. The lowest BCUT2D eigenvalue weighted by Gasteiger charge is -2.01. The molecule has 0 amide bonds. The van der Waals surface area contributed by atoms with Gasteiger partial charge in [0, 0.05) is 12.6 Å². The highest BCUT2D eigenvalue weighted by Gasteiger charge is 1.88. The van der Waals surface area contributed by atoms with E-state index in [0.717, 1.165) is 6.61 Å². The quantitative estimate of drug-likeness (QED) is 0.560. The third kappa shape index (κ3) is 5.92. The average Bonchev–Trinajstić information content (AvgIpc) is 1.61. The molecule has 0 aliphatic carbocycles. The third-order valence-electron chi connectivity index (χ3n) is 0.585. The fourth-order valence-corrected chi connectivity index (χ4v) is 0.304. The Hall–Kier alpha value is -0.0800. The van der Waals surface area contributed by atoms with Crippen molar-refractivity contribution in [3.63, 3.8) is 0 Å². The van der Waals surface area contributed by atoms with Crippen LogP contribution in [-0.4, -0.2) is 19.3 Å². The van der Waals surface area contributed by atoms with E-state index in [9.17, 15) is 0 Å². The highest BCUT2D eigenvalue weighted by molar-refractivity contribution is 4.46. The van der Waals surface area contributed by atoms with Gasteiger partial charge in [-0.25, -0.2) is 0 Å². The van der Waals surface area contributed by atoms with Crippen molar-refractivity contribution in [1.29, 1.82) is 0 Å². The zero-order chi connectivity index (χ0) is 5.70. The van der Waals surface area contributed by atoms with Gasteiger partial charge in [0.25, 0.3) is 0 Å². The SMILES string of the molecule is CCOC[C@H](C)N. The summed E-state index contributed by atoms with van der Waals surface area (Å²) in [6.07, 6.45) is 0. The van der Waals surface area contributed by atoms with E-state index in [4.69, 9.17) is 10.5 Å². The molecule has 2 nitrogen and oxygen atoms in total. The van der Waals surface area contributed by atoms with E-state index >= 15 is 0 Å². The molecule has 0 aromatic rings. The van der Waals surface area contributed by atoms with Crippen molar-refractivity contribution in [2.45, 2.75) is 19.9 Å². The van der Waals surface area contributed by atoms with Crippen LogP contribution in [0, 0.1) is 0 Å². The van der Waals surface area contributed by atoms with Gasteiger partial charge in [0.1, 0.15) is 0 Å². The normalized spacial score (nSPS) is 14.1. The number of hydrogen-bond donors (Lipinski definition) is 1. The molecule has 0 radical (unpaired) electrons. The van der Waals surface area contributed by atoms with Crippen molar-refractivity contribution in [1.82, 2.24) is 0 Å². The zero-order valence-electron chi connectivity index (χ0n) is 4.98. The molecule has 0 heterocycles. The van der Waals surface area contributed by atoms with Crippen molar-refractivity contribution in [3.8, 4) is 0 Å². The van der Waals surface area contributed by atoms with Crippen molar-refractivity contribution in [2.75, 3.05) is 13.2 Å². The summed E-state index contributed by atoms with van der Waals surface area (Å²) in [5.74, 6) is 0. The summed E-state index contributed by atoms with van der Waals surface area (Å²) >= 11 is 0. The molecule has 2 N–H and O–H groups in total. The minimum Gasteiger partial charge on any atom is -0.380 e. The third-order valence-corrected chi connectivity index (χ3v) is 0.585. The Bertz CT molecular complexity index is 37.1. The Labute approximate surface area is 44.7 Å². The second-order valence-electron chi connectivity index (χ2n) is 1.64. The molecular formula is C5H13NO. The topological polar surface area (TPSA) is 35.2 Å². The number of hydrogen-bond acceptors (Lipinski definition) is 2. The van der Waals surface area contributed by atoms with Gasteiger partial charge in [-0.3, -0.25) is 0 Å². The largest absolute Gasteiger partial charge is 0.380 e. The predicted molar refractivity (Wildman–Crippen MR) is 30.1 cm³/mol. The molecule has 1 atom stereocenters. The minimum absolute atomic E-state index is 0.181. The molecule has 0 aromatic heterocycles. The molecule has 0 fully saturated rings. The maximum Gasteiger partial charge on any atom is 0.0614 e. The first-order chi connectivity index (χ1) is 3.27. The minimum atomic E-state index is 0.181. The maximum absolute atomic E-state index is 5.35. The van der Waals surface area contributed by atoms with Gasteiger partial charge in [0.2, 0.25) is 0 Å². The lowest BCUT2D eigenvalue weighted by atomic mass is 10.4. The summed E-state index contributed by atoms with van der Waals surface area (Å²) in [4.78, 5) is 0. The lowest BCUT2D eigenvalue weighted by Crippen LogP contribution is -2.21. The fraction of sp³-hybridized carbons (Fsp3) is 1.00. The van der Waals surface area contributed by atoms with Crippen LogP contribution in [-0.2, 0) is 4.74 Å². The summed E-state index contributed by atoms with van der Waals surface area (Å²) in [6, 6.07) is 0.181. The predicted octanol–water partition coefficient (Wildman–Crippen LogP) is 0.370. The standard InChI is InChI=1S/C5H13NO/c1-3-7-4-5(2)6/h5H,3-4,6H2,1-2H3/t5-/m0/s1. The van der Waals surface area contributed by atoms with E-state index < -0.39 is 0 Å². The van der Waals surface area contributed by atoms with Gasteiger partial charge in [0.15, 0.2) is 0 Å². The highest BCUT2D eigenvalue weighted by Crippen LogP contribution is 1.76. The molecule has 0 saturated carbocycles. The van der Waals surface area contributed by atoms with Crippen LogP contribution in [0.2, 0.25) is 0 Å². The zero-order valence-corrected chi connectivity index (χ0v) is 4.98. The lowest BCUT2D eigenvalue weighted by molar-refractivity contribution is 0.137. The van der Waals surface area contributed by atoms with Crippen LogP contribution in [0.3, 0.4) is 0 Å². The molecule has 0 saturated heterocycles. The fourth-order valence-electron chi connectivity index (χ4n) is 0.304. The second kappa shape index (κ2) is 4.09. The summed E-state index contributed by atoms with van der Waals surface area (Å²) in [6.45, 7) is 5.33. The molecule has 44 valence electrons. The summed E-state index contributed by atoms with van der Waals surface area (Å²) < 4.78 is 4.97. The molecule has 2 heteroatoms. The Morgan fingerprint density at radius 1 is 1.71 bits per heavy atom. The Morgan fingerprint density at radius 2 is 2.29 bits per heavy atom. The van der Waals surface area contributed by atoms with Crippen LogP contribution in [0.4, 0.5) is 0 Å². The van der Waals surface area contributed by atoms with Crippen molar-refractivity contribution in [2.24, 2.45) is 5.73 Å². The smallest absolute Gasteiger partial charge is 0.0614 e. The average molecular weight is 103 g/mol. The van der Waals surface area contributed by atoms with Gasteiger partial charge in [-0.2, -0.15) is 0 Å². The van der Waals surface area contributed by atoms with Gasteiger partial charge in [0.05, 0.1) is 6.61 Å². The van der Waals surface area contributed by atoms with Crippen LogP contribution in [0.15, 0.2) is 0 Å². The van der Waals surface area contributed by atoms with Gasteiger partial charge >= 0.3 is 0 Å². The number of nitrogens with two attached hydrogens (primary N) is 1. The first kappa shape index (κ1) is 6.92. The van der Waals surface area contributed by atoms with E-state index in [-0.39, 0.29) is 6.04 Å². The molecule has 0 unspecified atom stereocenters. The first-order valence-electron chi connectivity index (χ1n) is 2.60. The van der Waals surface area contributed by atoms with Crippen LogP contribution in [0.25, 0.3) is 0 Å². The van der Waals surface area contributed by atoms with Crippen molar-refractivity contribution >= 4 is 0 Å². The van der Waals surface area contributed by atoms with Crippen molar-refractivity contribution in [3.05, 3.63) is 0 Å². The molecule has 0 aromatic carbocycles. The Kier molecular flexibility index (Phi) is 4.04. The number of rotatable bonds is 3. The van der Waals surface area contributed by atoms with E-state index in [2.05, 4.69) is 0 Å². The molecule has 7 heavy (non-hydrogen) atoms. The Morgan fingerprint density at radius 3 is 2.43 bits per heavy atom. The Balaban J connectivity index is 2.68. The highest BCUT2D eigenvalue weighted by atomic mass is 16.5. The van der Waals surface area contributed by atoms with Crippen molar-refractivity contribution < 1.29 is 4.74 Å². The maximum atomic E-state index is 5.35. The molecule has 0 aliphatic rings. The van der Waals surface area contributed by atoms with Crippen LogP contribution < -0.4 is 5.73 Å². The van der Waals surface area contributed by atoms with Crippen LogP contribution in [0.5, 0.6) is 0 Å². The van der Waals surface area contributed by atoms with Crippen LogP contribution in [0.1, 0.15) is 13.8 Å². The summed E-state index contributed by atoms with van der Waals surface area (Å²) in [5.41, 5.74) is 5.35. The molecular weight excluding hydrogens is 90.1 g/mol. The molecule has 0 rings (SSSR count). The summed E-state index contributed by atoms with van der Waals surface area (Å²) in [7, 11) is 0. The number of ether oxygens (including phenoxy) is 1. The molecule has 0 bridgehead atoms. The van der Waals surface area contributed by atoms with Crippen LogP contribution >= 0.6 is 0 Å². The van der Waals surface area contributed by atoms with E-state index in [1.807, 2.05) is 13.8 Å². The monoisotopic (exact) mass is 103 g/mol. The molecule has 0 spiro atoms. The molecule has 0 aliphatic heterocycles. The van der Waals surface area contributed by atoms with E-state index in [1.54, 1.807) is 0 Å². The van der Waals surface area contributed by atoms with Gasteiger partial charge < -0.3 is 10.5 Å². The first-order valence-corrected chi connectivity index (χ1v) is 2.60. The van der Waals surface area contributed by atoms with Gasteiger partial charge in [-0.05, 0) is 13.8 Å².